The number of hydrogen-bond acceptors (Lipinski definition) is 2. The van der Waals surface area contributed by atoms with Crippen molar-refractivity contribution in [2.45, 2.75) is 20.4 Å². The molecule has 0 bridgehead atoms. The Morgan fingerprint density at radius 3 is 2.67 bits per heavy atom. The quantitative estimate of drug-likeness (QED) is 0.767. The molecule has 0 fully saturated rings. The van der Waals surface area contributed by atoms with Crippen molar-refractivity contribution in [1.29, 1.82) is 0 Å². The van der Waals surface area contributed by atoms with Gasteiger partial charge in [-0.2, -0.15) is 0 Å². The summed E-state index contributed by atoms with van der Waals surface area (Å²) < 4.78 is 0. The molecule has 2 nitrogen and oxygen atoms in total. The van der Waals surface area contributed by atoms with Gasteiger partial charge in [-0.1, -0.05) is 37.3 Å². The highest BCUT2D eigenvalue weighted by Crippen LogP contribution is 2.24. The first-order chi connectivity index (χ1) is 10.3. The zero-order valence-electron chi connectivity index (χ0n) is 12.6. The zero-order valence-corrected chi connectivity index (χ0v) is 12.6. The third kappa shape index (κ3) is 3.11. The van der Waals surface area contributed by atoms with Gasteiger partial charge in [0.05, 0.1) is 5.52 Å². The lowest BCUT2D eigenvalue weighted by molar-refractivity contribution is 0.727. The Morgan fingerprint density at radius 1 is 0.952 bits per heavy atom. The van der Waals surface area contributed by atoms with Gasteiger partial charge in [0.1, 0.15) is 0 Å². The molecule has 106 valence electrons. The standard InChI is InChI=1S/C19H20N2/c1-3-20-13-15-5-4-6-16(11-15)17-9-10-19-18(12-17)8-7-14(2)21-19/h4-12,20H,3,13H2,1-2H3. The molecule has 3 rings (SSSR count). The number of pyridine rings is 1. The van der Waals surface area contributed by atoms with Gasteiger partial charge in [-0.05, 0) is 54.4 Å². The van der Waals surface area contributed by atoms with Crippen LogP contribution in [0.4, 0.5) is 0 Å². The van der Waals surface area contributed by atoms with Crippen molar-refractivity contribution in [2.75, 3.05) is 6.54 Å². The maximum absolute atomic E-state index is 4.56. The highest BCUT2D eigenvalue weighted by molar-refractivity contribution is 5.84. The molecule has 0 atom stereocenters. The molecule has 0 saturated heterocycles. The highest BCUT2D eigenvalue weighted by Gasteiger charge is 2.02. The van der Waals surface area contributed by atoms with Crippen molar-refractivity contribution in [3.05, 3.63) is 65.9 Å². The van der Waals surface area contributed by atoms with E-state index >= 15 is 0 Å². The second kappa shape index (κ2) is 6.06. The molecular formula is C19H20N2. The first kappa shape index (κ1) is 13.8. The predicted octanol–water partition coefficient (Wildman–Crippen LogP) is 4.32. The lowest BCUT2D eigenvalue weighted by atomic mass is 10.0. The first-order valence-electron chi connectivity index (χ1n) is 7.44. The summed E-state index contributed by atoms with van der Waals surface area (Å²) in [5.41, 5.74) is 5.93. The van der Waals surface area contributed by atoms with E-state index in [0.717, 1.165) is 24.3 Å². The number of rotatable bonds is 4. The van der Waals surface area contributed by atoms with Gasteiger partial charge in [0.25, 0.3) is 0 Å². The van der Waals surface area contributed by atoms with E-state index < -0.39 is 0 Å². The van der Waals surface area contributed by atoms with Gasteiger partial charge < -0.3 is 5.32 Å². The molecule has 0 spiro atoms. The Kier molecular flexibility index (Phi) is 3.98. The summed E-state index contributed by atoms with van der Waals surface area (Å²) in [4.78, 5) is 4.56. The summed E-state index contributed by atoms with van der Waals surface area (Å²) in [6.45, 7) is 6.06. The lowest BCUT2D eigenvalue weighted by Gasteiger charge is -2.07. The van der Waals surface area contributed by atoms with Gasteiger partial charge in [-0.25, -0.2) is 0 Å². The van der Waals surface area contributed by atoms with Crippen molar-refractivity contribution in [1.82, 2.24) is 10.3 Å². The fraction of sp³-hybridized carbons (Fsp3) is 0.211. The monoisotopic (exact) mass is 276 g/mol. The van der Waals surface area contributed by atoms with Crippen LogP contribution < -0.4 is 5.32 Å². The van der Waals surface area contributed by atoms with Crippen LogP contribution in [0.3, 0.4) is 0 Å². The first-order valence-corrected chi connectivity index (χ1v) is 7.44. The van der Waals surface area contributed by atoms with Crippen LogP contribution in [0, 0.1) is 6.92 Å². The van der Waals surface area contributed by atoms with Crippen molar-refractivity contribution >= 4 is 10.9 Å². The number of aryl methyl sites for hydroxylation is 1. The predicted molar refractivity (Wildman–Crippen MR) is 89.3 cm³/mol. The Balaban J connectivity index is 1.98. The minimum absolute atomic E-state index is 0.915. The number of nitrogens with one attached hydrogen (secondary N) is 1. The lowest BCUT2D eigenvalue weighted by Crippen LogP contribution is -2.11. The smallest absolute Gasteiger partial charge is 0.0705 e. The van der Waals surface area contributed by atoms with E-state index in [0.29, 0.717) is 0 Å². The molecule has 0 radical (unpaired) electrons. The molecule has 0 aliphatic heterocycles. The number of nitrogens with zero attached hydrogens (tertiary/aromatic N) is 1. The molecule has 0 aliphatic rings. The number of benzene rings is 2. The van der Waals surface area contributed by atoms with Gasteiger partial charge in [0.2, 0.25) is 0 Å². The molecule has 2 aromatic carbocycles. The van der Waals surface area contributed by atoms with Crippen LogP contribution in [0.2, 0.25) is 0 Å². The molecule has 0 unspecified atom stereocenters. The summed E-state index contributed by atoms with van der Waals surface area (Å²) in [5, 5.41) is 4.56. The van der Waals surface area contributed by atoms with E-state index in [4.69, 9.17) is 0 Å². The van der Waals surface area contributed by atoms with Gasteiger partial charge in [-0.3, -0.25) is 4.98 Å². The molecule has 3 aromatic rings. The van der Waals surface area contributed by atoms with E-state index in [1.165, 1.54) is 22.1 Å². The summed E-state index contributed by atoms with van der Waals surface area (Å²) in [5.74, 6) is 0. The molecule has 0 saturated carbocycles. The minimum atomic E-state index is 0.915. The zero-order chi connectivity index (χ0) is 14.7. The Bertz CT molecular complexity index is 762. The molecule has 1 aromatic heterocycles. The summed E-state index contributed by atoms with van der Waals surface area (Å²) in [6, 6.07) is 19.4. The third-order valence-electron chi connectivity index (χ3n) is 3.67. The van der Waals surface area contributed by atoms with Crippen molar-refractivity contribution < 1.29 is 0 Å². The summed E-state index contributed by atoms with van der Waals surface area (Å²) >= 11 is 0. The van der Waals surface area contributed by atoms with Crippen LogP contribution in [0.5, 0.6) is 0 Å². The summed E-state index contributed by atoms with van der Waals surface area (Å²) in [7, 11) is 0. The normalized spacial score (nSPS) is 11.0. The van der Waals surface area contributed by atoms with Crippen molar-refractivity contribution in [2.24, 2.45) is 0 Å². The Labute approximate surface area is 125 Å². The molecule has 0 aliphatic carbocycles. The maximum atomic E-state index is 4.56. The number of fused-ring (bicyclic) bond motifs is 1. The SMILES string of the molecule is CCNCc1cccc(-c2ccc3nc(C)ccc3c2)c1. The van der Waals surface area contributed by atoms with Crippen LogP contribution in [-0.4, -0.2) is 11.5 Å². The molecule has 1 N–H and O–H groups in total. The van der Waals surface area contributed by atoms with Gasteiger partial charge >= 0.3 is 0 Å². The topological polar surface area (TPSA) is 24.9 Å². The second-order valence-electron chi connectivity index (χ2n) is 5.34. The van der Waals surface area contributed by atoms with Crippen LogP contribution in [-0.2, 0) is 6.54 Å². The highest BCUT2D eigenvalue weighted by atomic mass is 14.8. The Hall–Kier alpha value is -2.19. The molecule has 0 amide bonds. The second-order valence-corrected chi connectivity index (χ2v) is 5.34. The third-order valence-corrected chi connectivity index (χ3v) is 3.67. The van der Waals surface area contributed by atoms with E-state index in [2.05, 4.69) is 71.8 Å². The average molecular weight is 276 g/mol. The van der Waals surface area contributed by atoms with Crippen LogP contribution >= 0.6 is 0 Å². The van der Waals surface area contributed by atoms with E-state index in [9.17, 15) is 0 Å². The fourth-order valence-electron chi connectivity index (χ4n) is 2.54. The maximum Gasteiger partial charge on any atom is 0.0705 e. The largest absolute Gasteiger partial charge is 0.313 e. The average Bonchev–Trinajstić information content (AvgIpc) is 2.52. The number of aromatic nitrogens is 1. The molecule has 2 heteroatoms. The Morgan fingerprint density at radius 2 is 1.81 bits per heavy atom. The van der Waals surface area contributed by atoms with E-state index in [1.54, 1.807) is 0 Å². The fourth-order valence-corrected chi connectivity index (χ4v) is 2.54. The van der Waals surface area contributed by atoms with E-state index in [1.807, 2.05) is 6.92 Å². The minimum Gasteiger partial charge on any atom is -0.313 e. The summed E-state index contributed by atoms with van der Waals surface area (Å²) in [6.07, 6.45) is 0. The molecular weight excluding hydrogens is 256 g/mol. The van der Waals surface area contributed by atoms with Crippen molar-refractivity contribution in [3.8, 4) is 11.1 Å². The number of hydrogen-bond donors (Lipinski definition) is 1. The molecule has 21 heavy (non-hydrogen) atoms. The van der Waals surface area contributed by atoms with Crippen LogP contribution in [0.25, 0.3) is 22.0 Å². The van der Waals surface area contributed by atoms with Crippen LogP contribution in [0.1, 0.15) is 18.2 Å². The van der Waals surface area contributed by atoms with E-state index in [-0.39, 0.29) is 0 Å². The van der Waals surface area contributed by atoms with Crippen molar-refractivity contribution in [3.63, 3.8) is 0 Å². The molecule has 1 heterocycles. The van der Waals surface area contributed by atoms with Gasteiger partial charge in [0, 0.05) is 17.6 Å². The van der Waals surface area contributed by atoms with Crippen LogP contribution in [0.15, 0.2) is 54.6 Å². The van der Waals surface area contributed by atoms with Gasteiger partial charge in [0.15, 0.2) is 0 Å². The van der Waals surface area contributed by atoms with Gasteiger partial charge in [-0.15, -0.1) is 0 Å².